The Labute approximate surface area is 104 Å². The van der Waals surface area contributed by atoms with E-state index in [9.17, 15) is 4.39 Å². The Bertz CT molecular complexity index is 333. The molecule has 0 amide bonds. The van der Waals surface area contributed by atoms with Crippen LogP contribution in [0.5, 0.6) is 0 Å². The average Bonchev–Trinajstić information content (AvgIpc) is 2.27. The van der Waals surface area contributed by atoms with Gasteiger partial charge in [0.05, 0.1) is 13.2 Å². The molecule has 0 atom stereocenters. The van der Waals surface area contributed by atoms with Crippen LogP contribution in [0.2, 0.25) is 0 Å². The quantitative estimate of drug-likeness (QED) is 0.847. The van der Waals surface area contributed by atoms with Gasteiger partial charge in [-0.05, 0) is 30.2 Å². The van der Waals surface area contributed by atoms with Gasteiger partial charge in [-0.3, -0.25) is 4.90 Å². The lowest BCUT2D eigenvalue weighted by atomic mass is 10.1. The number of hydrogen-bond donors (Lipinski definition) is 0. The number of rotatable bonds is 3. The van der Waals surface area contributed by atoms with E-state index in [1.54, 1.807) is 6.07 Å². The molecule has 0 radical (unpaired) electrons. The lowest BCUT2D eigenvalue weighted by Gasteiger charge is -2.26. The van der Waals surface area contributed by atoms with Crippen LogP contribution in [0.1, 0.15) is 5.56 Å². The fourth-order valence-electron chi connectivity index (χ4n) is 1.87. The summed E-state index contributed by atoms with van der Waals surface area (Å²) in [5.74, 6) is -0.175. The van der Waals surface area contributed by atoms with Crippen LogP contribution in [0.4, 0.5) is 4.39 Å². The number of nitrogens with zero attached hydrogens (tertiary/aromatic N) is 1. The van der Waals surface area contributed by atoms with E-state index in [2.05, 4.69) is 20.8 Å². The molecule has 1 aliphatic rings. The van der Waals surface area contributed by atoms with E-state index in [4.69, 9.17) is 4.74 Å². The van der Waals surface area contributed by atoms with Crippen LogP contribution in [0, 0.1) is 5.82 Å². The second-order valence-corrected chi connectivity index (χ2v) is 4.90. The predicted molar refractivity (Wildman–Crippen MR) is 65.1 cm³/mol. The van der Waals surface area contributed by atoms with Crippen molar-refractivity contribution in [1.82, 2.24) is 4.90 Å². The largest absolute Gasteiger partial charge is 0.379 e. The predicted octanol–water partition coefficient (Wildman–Crippen LogP) is 2.46. The molecule has 0 spiro atoms. The van der Waals surface area contributed by atoms with Gasteiger partial charge < -0.3 is 4.74 Å². The third kappa shape index (κ3) is 3.54. The zero-order valence-electron chi connectivity index (χ0n) is 9.09. The first-order valence-electron chi connectivity index (χ1n) is 5.49. The summed E-state index contributed by atoms with van der Waals surface area (Å²) in [6.07, 6.45) is 0.885. The van der Waals surface area contributed by atoms with Crippen LogP contribution >= 0.6 is 15.9 Å². The number of halogens is 2. The lowest BCUT2D eigenvalue weighted by molar-refractivity contribution is 0.0384. The van der Waals surface area contributed by atoms with E-state index in [1.807, 2.05) is 6.07 Å². The third-order valence-electron chi connectivity index (χ3n) is 2.74. The Kier molecular flexibility index (Phi) is 4.32. The van der Waals surface area contributed by atoms with E-state index in [0.717, 1.165) is 49.3 Å². The molecule has 0 unspecified atom stereocenters. The van der Waals surface area contributed by atoms with Crippen molar-refractivity contribution >= 4 is 15.9 Å². The molecule has 2 rings (SSSR count). The van der Waals surface area contributed by atoms with Gasteiger partial charge in [-0.15, -0.1) is 0 Å². The minimum absolute atomic E-state index is 0.175. The van der Waals surface area contributed by atoms with Crippen molar-refractivity contribution in [3.05, 3.63) is 34.1 Å². The van der Waals surface area contributed by atoms with Gasteiger partial charge in [0.25, 0.3) is 0 Å². The summed E-state index contributed by atoms with van der Waals surface area (Å²) in [4.78, 5) is 2.35. The standard InChI is InChI=1S/C12H15BrFNO/c13-11-7-10(8-12(14)9-11)1-2-15-3-5-16-6-4-15/h7-9H,1-6H2. The molecule has 2 nitrogen and oxygen atoms in total. The molecule has 0 bridgehead atoms. The topological polar surface area (TPSA) is 12.5 Å². The number of morpholine rings is 1. The van der Waals surface area contributed by atoms with Crippen LogP contribution in [0.25, 0.3) is 0 Å². The average molecular weight is 288 g/mol. The van der Waals surface area contributed by atoms with Crippen molar-refractivity contribution in [2.45, 2.75) is 6.42 Å². The van der Waals surface area contributed by atoms with Crippen LogP contribution in [0.15, 0.2) is 22.7 Å². The number of hydrogen-bond acceptors (Lipinski definition) is 2. The molecule has 0 N–H and O–H groups in total. The fourth-order valence-corrected chi connectivity index (χ4v) is 2.38. The maximum absolute atomic E-state index is 13.1. The summed E-state index contributed by atoms with van der Waals surface area (Å²) in [7, 11) is 0. The molecule has 4 heteroatoms. The third-order valence-corrected chi connectivity index (χ3v) is 3.20. The zero-order chi connectivity index (χ0) is 11.4. The van der Waals surface area contributed by atoms with Crippen molar-refractivity contribution in [3.8, 4) is 0 Å². The molecular formula is C12H15BrFNO. The Morgan fingerprint density at radius 3 is 2.69 bits per heavy atom. The summed E-state index contributed by atoms with van der Waals surface area (Å²) in [5.41, 5.74) is 1.04. The van der Waals surface area contributed by atoms with Gasteiger partial charge in [0.2, 0.25) is 0 Å². The molecule has 1 saturated heterocycles. The van der Waals surface area contributed by atoms with Crippen LogP contribution in [-0.2, 0) is 11.2 Å². The molecule has 0 aromatic heterocycles. The van der Waals surface area contributed by atoms with Crippen molar-refractivity contribution < 1.29 is 9.13 Å². The van der Waals surface area contributed by atoms with Gasteiger partial charge in [0.1, 0.15) is 5.82 Å². The lowest BCUT2D eigenvalue weighted by Crippen LogP contribution is -2.37. The van der Waals surface area contributed by atoms with E-state index in [-0.39, 0.29) is 5.82 Å². The summed E-state index contributed by atoms with van der Waals surface area (Å²) in [6.45, 7) is 4.56. The monoisotopic (exact) mass is 287 g/mol. The number of benzene rings is 1. The first-order valence-corrected chi connectivity index (χ1v) is 6.28. The fraction of sp³-hybridized carbons (Fsp3) is 0.500. The van der Waals surface area contributed by atoms with Crippen LogP contribution < -0.4 is 0 Å². The van der Waals surface area contributed by atoms with Gasteiger partial charge in [-0.1, -0.05) is 15.9 Å². The summed E-state index contributed by atoms with van der Waals surface area (Å²) in [5, 5.41) is 0. The Morgan fingerprint density at radius 1 is 1.25 bits per heavy atom. The summed E-state index contributed by atoms with van der Waals surface area (Å²) < 4.78 is 19.2. The van der Waals surface area contributed by atoms with Gasteiger partial charge >= 0.3 is 0 Å². The SMILES string of the molecule is Fc1cc(Br)cc(CCN2CCOCC2)c1. The second kappa shape index (κ2) is 5.75. The highest BCUT2D eigenvalue weighted by atomic mass is 79.9. The minimum atomic E-state index is -0.175. The van der Waals surface area contributed by atoms with Crippen molar-refractivity contribution in [3.63, 3.8) is 0 Å². The van der Waals surface area contributed by atoms with Gasteiger partial charge in [-0.25, -0.2) is 4.39 Å². The first-order chi connectivity index (χ1) is 7.74. The molecule has 1 heterocycles. The highest BCUT2D eigenvalue weighted by Crippen LogP contribution is 2.15. The molecule has 16 heavy (non-hydrogen) atoms. The van der Waals surface area contributed by atoms with Gasteiger partial charge in [-0.2, -0.15) is 0 Å². The molecule has 1 aromatic carbocycles. The Morgan fingerprint density at radius 2 is 2.00 bits per heavy atom. The first kappa shape index (κ1) is 12.0. The summed E-state index contributed by atoms with van der Waals surface area (Å²) in [6, 6.07) is 5.06. The Hall–Kier alpha value is -0.450. The van der Waals surface area contributed by atoms with E-state index in [1.165, 1.54) is 6.07 Å². The molecule has 0 aliphatic carbocycles. The molecule has 1 aliphatic heterocycles. The molecule has 1 aromatic rings. The summed E-state index contributed by atoms with van der Waals surface area (Å²) >= 11 is 3.31. The van der Waals surface area contributed by atoms with Crippen molar-refractivity contribution in [2.24, 2.45) is 0 Å². The zero-order valence-corrected chi connectivity index (χ0v) is 10.7. The number of ether oxygens (including phenoxy) is 1. The maximum atomic E-state index is 13.1. The second-order valence-electron chi connectivity index (χ2n) is 3.98. The normalized spacial score (nSPS) is 17.6. The molecule has 88 valence electrons. The molecule has 1 fully saturated rings. The molecular weight excluding hydrogens is 273 g/mol. The highest BCUT2D eigenvalue weighted by molar-refractivity contribution is 9.10. The van der Waals surface area contributed by atoms with Crippen LogP contribution in [0.3, 0.4) is 0 Å². The van der Waals surface area contributed by atoms with Crippen molar-refractivity contribution in [1.29, 1.82) is 0 Å². The molecule has 0 saturated carbocycles. The van der Waals surface area contributed by atoms with Gasteiger partial charge in [0.15, 0.2) is 0 Å². The van der Waals surface area contributed by atoms with Crippen LogP contribution in [-0.4, -0.2) is 37.7 Å². The van der Waals surface area contributed by atoms with E-state index in [0.29, 0.717) is 0 Å². The van der Waals surface area contributed by atoms with E-state index < -0.39 is 0 Å². The Balaban J connectivity index is 1.88. The minimum Gasteiger partial charge on any atom is -0.379 e. The van der Waals surface area contributed by atoms with Gasteiger partial charge in [0, 0.05) is 24.1 Å². The van der Waals surface area contributed by atoms with E-state index >= 15 is 0 Å². The van der Waals surface area contributed by atoms with Crippen molar-refractivity contribution in [2.75, 3.05) is 32.8 Å². The highest BCUT2D eigenvalue weighted by Gasteiger charge is 2.10. The maximum Gasteiger partial charge on any atom is 0.124 e. The smallest absolute Gasteiger partial charge is 0.124 e.